The third-order valence-electron chi connectivity index (χ3n) is 2.53. The monoisotopic (exact) mass is 232 g/mol. The Labute approximate surface area is 103 Å². The molecule has 0 saturated heterocycles. The van der Waals surface area contributed by atoms with E-state index in [1.165, 1.54) is 5.57 Å². The summed E-state index contributed by atoms with van der Waals surface area (Å²) in [5.74, 6) is -0.331. The van der Waals surface area contributed by atoms with Gasteiger partial charge in [-0.05, 0) is 32.8 Å². The predicted octanol–water partition coefficient (Wildman–Crippen LogP) is 3.69. The van der Waals surface area contributed by atoms with Gasteiger partial charge < -0.3 is 4.74 Å². The third-order valence-corrected chi connectivity index (χ3v) is 2.53. The number of hydrogen-bond donors (Lipinski definition) is 0. The van der Waals surface area contributed by atoms with E-state index < -0.39 is 0 Å². The van der Waals surface area contributed by atoms with Gasteiger partial charge in [0.25, 0.3) is 0 Å². The summed E-state index contributed by atoms with van der Waals surface area (Å²) >= 11 is 0. The summed E-state index contributed by atoms with van der Waals surface area (Å²) in [6.45, 7) is 6.33. The molecule has 0 saturated carbocycles. The first-order valence-corrected chi connectivity index (χ1v) is 6.00. The fourth-order valence-corrected chi connectivity index (χ4v) is 1.65. The number of rotatable bonds is 5. The molecule has 1 rings (SSSR count). The number of hydrogen-bond acceptors (Lipinski definition) is 2. The smallest absolute Gasteiger partial charge is 0.313 e. The lowest BCUT2D eigenvalue weighted by atomic mass is 9.95. The molecule has 1 aromatic rings. The van der Waals surface area contributed by atoms with Gasteiger partial charge in [0.15, 0.2) is 0 Å². The van der Waals surface area contributed by atoms with Crippen LogP contribution in [0, 0.1) is 0 Å². The van der Waals surface area contributed by atoms with Crippen molar-refractivity contribution in [3.63, 3.8) is 0 Å². The molecule has 0 bridgehead atoms. The quantitative estimate of drug-likeness (QED) is 0.571. The Balaban J connectivity index is 2.86. The molecule has 0 N–H and O–H groups in total. The van der Waals surface area contributed by atoms with E-state index in [2.05, 4.69) is 6.08 Å². The van der Waals surface area contributed by atoms with Crippen molar-refractivity contribution in [2.24, 2.45) is 0 Å². The van der Waals surface area contributed by atoms with Gasteiger partial charge in [0.05, 0.1) is 12.5 Å². The zero-order valence-electron chi connectivity index (χ0n) is 10.8. The van der Waals surface area contributed by atoms with Crippen LogP contribution in [0.4, 0.5) is 0 Å². The van der Waals surface area contributed by atoms with Crippen molar-refractivity contribution in [3.05, 3.63) is 47.5 Å². The van der Waals surface area contributed by atoms with Gasteiger partial charge in [0.2, 0.25) is 0 Å². The topological polar surface area (TPSA) is 26.3 Å². The zero-order chi connectivity index (χ0) is 12.7. The maximum absolute atomic E-state index is 11.9. The van der Waals surface area contributed by atoms with Gasteiger partial charge in [-0.15, -0.1) is 0 Å². The van der Waals surface area contributed by atoms with E-state index >= 15 is 0 Å². The molecule has 1 aromatic carbocycles. The van der Waals surface area contributed by atoms with Crippen LogP contribution in [0.3, 0.4) is 0 Å². The number of benzene rings is 1. The lowest BCUT2D eigenvalue weighted by Crippen LogP contribution is -2.15. The molecule has 0 aliphatic heterocycles. The van der Waals surface area contributed by atoms with Crippen molar-refractivity contribution in [3.8, 4) is 0 Å². The molecule has 0 aliphatic rings. The Morgan fingerprint density at radius 1 is 1.29 bits per heavy atom. The molecule has 1 unspecified atom stereocenters. The highest BCUT2D eigenvalue weighted by atomic mass is 16.5. The van der Waals surface area contributed by atoms with Crippen LogP contribution >= 0.6 is 0 Å². The molecule has 92 valence electrons. The van der Waals surface area contributed by atoms with Crippen molar-refractivity contribution < 1.29 is 9.53 Å². The predicted molar refractivity (Wildman–Crippen MR) is 69.9 cm³/mol. The molecule has 0 amide bonds. The maximum atomic E-state index is 11.9. The summed E-state index contributed by atoms with van der Waals surface area (Å²) in [4.78, 5) is 11.9. The van der Waals surface area contributed by atoms with Crippen LogP contribution < -0.4 is 0 Å². The van der Waals surface area contributed by atoms with E-state index in [1.54, 1.807) is 0 Å². The third kappa shape index (κ3) is 4.43. The van der Waals surface area contributed by atoms with E-state index in [4.69, 9.17) is 4.74 Å². The van der Waals surface area contributed by atoms with Crippen LogP contribution in [0.25, 0.3) is 0 Å². The van der Waals surface area contributed by atoms with E-state index in [1.807, 2.05) is 51.1 Å². The molecule has 0 radical (unpaired) electrons. The molecule has 2 nitrogen and oxygen atoms in total. The summed E-state index contributed by atoms with van der Waals surface area (Å²) in [5, 5.41) is 0. The molecule has 0 aliphatic carbocycles. The lowest BCUT2D eigenvalue weighted by Gasteiger charge is -2.14. The minimum Gasteiger partial charge on any atom is -0.466 e. The standard InChI is InChI=1S/C15H20O2/c1-4-17-15(16)14(11-10-12(2)3)13-8-6-5-7-9-13/h5-10,14H,4,11H2,1-3H3. The first-order chi connectivity index (χ1) is 8.15. The summed E-state index contributed by atoms with van der Waals surface area (Å²) in [5.41, 5.74) is 2.23. The minimum absolute atomic E-state index is 0.142. The first kappa shape index (κ1) is 13.5. The van der Waals surface area contributed by atoms with Gasteiger partial charge in [-0.25, -0.2) is 0 Å². The number of ether oxygens (including phenoxy) is 1. The molecular weight excluding hydrogens is 212 g/mol. The Morgan fingerprint density at radius 2 is 1.94 bits per heavy atom. The van der Waals surface area contributed by atoms with Crippen LogP contribution in [-0.4, -0.2) is 12.6 Å². The summed E-state index contributed by atoms with van der Waals surface area (Å²) < 4.78 is 5.12. The van der Waals surface area contributed by atoms with E-state index in [0.29, 0.717) is 13.0 Å². The number of esters is 1. The van der Waals surface area contributed by atoms with E-state index in [9.17, 15) is 4.79 Å². The summed E-state index contributed by atoms with van der Waals surface area (Å²) in [6.07, 6.45) is 2.78. The Kier molecular flexibility index (Phi) is 5.47. The largest absolute Gasteiger partial charge is 0.466 e. The van der Waals surface area contributed by atoms with Crippen molar-refractivity contribution in [1.82, 2.24) is 0 Å². The average Bonchev–Trinajstić information content (AvgIpc) is 2.30. The minimum atomic E-state index is -0.189. The van der Waals surface area contributed by atoms with Crippen LogP contribution in [0.15, 0.2) is 42.0 Å². The van der Waals surface area contributed by atoms with Gasteiger partial charge in [-0.3, -0.25) is 4.79 Å². The molecular formula is C15H20O2. The van der Waals surface area contributed by atoms with Gasteiger partial charge in [-0.2, -0.15) is 0 Å². The Morgan fingerprint density at radius 3 is 2.47 bits per heavy atom. The number of allylic oxidation sites excluding steroid dienone is 2. The second-order valence-corrected chi connectivity index (χ2v) is 4.23. The van der Waals surface area contributed by atoms with Crippen LogP contribution in [-0.2, 0) is 9.53 Å². The van der Waals surface area contributed by atoms with Crippen molar-refractivity contribution >= 4 is 5.97 Å². The van der Waals surface area contributed by atoms with Crippen molar-refractivity contribution in [2.75, 3.05) is 6.61 Å². The van der Waals surface area contributed by atoms with Crippen molar-refractivity contribution in [2.45, 2.75) is 33.1 Å². The second-order valence-electron chi connectivity index (χ2n) is 4.23. The molecule has 0 aromatic heterocycles. The average molecular weight is 232 g/mol. The SMILES string of the molecule is CCOC(=O)C(CC=C(C)C)c1ccccc1. The van der Waals surface area contributed by atoms with E-state index in [0.717, 1.165) is 5.56 Å². The highest BCUT2D eigenvalue weighted by Crippen LogP contribution is 2.22. The highest BCUT2D eigenvalue weighted by Gasteiger charge is 2.20. The van der Waals surface area contributed by atoms with Crippen LogP contribution in [0.2, 0.25) is 0 Å². The summed E-state index contributed by atoms with van der Waals surface area (Å²) in [6, 6.07) is 9.79. The molecule has 17 heavy (non-hydrogen) atoms. The molecule has 2 heteroatoms. The van der Waals surface area contributed by atoms with Crippen molar-refractivity contribution in [1.29, 1.82) is 0 Å². The maximum Gasteiger partial charge on any atom is 0.313 e. The number of carbonyl (C=O) groups excluding carboxylic acids is 1. The first-order valence-electron chi connectivity index (χ1n) is 6.00. The zero-order valence-corrected chi connectivity index (χ0v) is 10.8. The van der Waals surface area contributed by atoms with E-state index in [-0.39, 0.29) is 11.9 Å². The normalized spacial score (nSPS) is 11.7. The van der Waals surface area contributed by atoms with Gasteiger partial charge in [0.1, 0.15) is 0 Å². The molecule has 1 atom stereocenters. The highest BCUT2D eigenvalue weighted by molar-refractivity contribution is 5.78. The fourth-order valence-electron chi connectivity index (χ4n) is 1.65. The second kappa shape index (κ2) is 6.89. The van der Waals surface area contributed by atoms with Gasteiger partial charge in [-0.1, -0.05) is 42.0 Å². The van der Waals surface area contributed by atoms with Crippen LogP contribution in [0.5, 0.6) is 0 Å². The molecule has 0 heterocycles. The van der Waals surface area contributed by atoms with Crippen LogP contribution in [0.1, 0.15) is 38.7 Å². The fraction of sp³-hybridized carbons (Fsp3) is 0.400. The Hall–Kier alpha value is -1.57. The number of carbonyl (C=O) groups is 1. The lowest BCUT2D eigenvalue weighted by molar-refractivity contribution is -0.144. The van der Waals surface area contributed by atoms with Gasteiger partial charge in [0, 0.05) is 0 Å². The Bertz CT molecular complexity index is 375. The molecule has 0 spiro atoms. The van der Waals surface area contributed by atoms with Gasteiger partial charge >= 0.3 is 5.97 Å². The molecule has 0 fully saturated rings. The summed E-state index contributed by atoms with van der Waals surface area (Å²) in [7, 11) is 0.